The number of carbonyl (C=O) groups excluding carboxylic acids is 2. The van der Waals surface area contributed by atoms with Crippen LogP contribution in [0.15, 0.2) is 24.3 Å². The first-order chi connectivity index (χ1) is 11.6. The number of carbonyl (C=O) groups is 2. The molecule has 0 radical (unpaired) electrons. The van der Waals surface area contributed by atoms with E-state index in [2.05, 4.69) is 5.32 Å². The molecule has 1 heterocycles. The molecule has 1 aromatic rings. The zero-order valence-electron chi connectivity index (χ0n) is 14.6. The normalized spacial score (nSPS) is 20.0. The smallest absolute Gasteiger partial charge is 0.254 e. The maximum atomic E-state index is 12.6. The van der Waals surface area contributed by atoms with Crippen molar-refractivity contribution in [1.82, 2.24) is 10.2 Å². The van der Waals surface area contributed by atoms with Crippen molar-refractivity contribution in [3.63, 3.8) is 0 Å². The molecule has 1 N–H and O–H groups in total. The van der Waals surface area contributed by atoms with Gasteiger partial charge in [-0.2, -0.15) is 0 Å². The van der Waals surface area contributed by atoms with Crippen molar-refractivity contribution in [2.24, 2.45) is 5.92 Å². The van der Waals surface area contributed by atoms with Gasteiger partial charge in [-0.25, -0.2) is 0 Å². The van der Waals surface area contributed by atoms with Crippen LogP contribution in [0.2, 0.25) is 0 Å². The molecule has 1 saturated heterocycles. The minimum absolute atomic E-state index is 0.116. The molecule has 0 atom stereocenters. The summed E-state index contributed by atoms with van der Waals surface area (Å²) in [6.07, 6.45) is 7.42. The van der Waals surface area contributed by atoms with Crippen LogP contribution in [0.1, 0.15) is 60.9 Å². The van der Waals surface area contributed by atoms with Crippen LogP contribution in [0.3, 0.4) is 0 Å². The van der Waals surface area contributed by atoms with Crippen molar-refractivity contribution in [2.45, 2.75) is 57.9 Å². The van der Waals surface area contributed by atoms with E-state index in [-0.39, 0.29) is 23.8 Å². The predicted molar refractivity (Wildman–Crippen MR) is 94.8 cm³/mol. The Kier molecular flexibility index (Phi) is 5.54. The first kappa shape index (κ1) is 17.0. The van der Waals surface area contributed by atoms with Gasteiger partial charge in [0, 0.05) is 30.6 Å². The lowest BCUT2D eigenvalue weighted by molar-refractivity contribution is -0.126. The van der Waals surface area contributed by atoms with Gasteiger partial charge < -0.3 is 10.2 Å². The van der Waals surface area contributed by atoms with Gasteiger partial charge >= 0.3 is 0 Å². The third-order valence-corrected chi connectivity index (χ3v) is 5.48. The average molecular weight is 328 g/mol. The molecule has 3 rings (SSSR count). The van der Waals surface area contributed by atoms with E-state index in [0.29, 0.717) is 0 Å². The van der Waals surface area contributed by atoms with Crippen LogP contribution in [0.25, 0.3) is 0 Å². The standard InChI is InChI=1S/C20H28N2O2/c1-15-7-5-6-10-18(15)20(24)22-13-11-17(12-14-22)21-19(23)16-8-3-2-4-9-16/h5-7,10,16-17H,2-4,8-9,11-14H2,1H3,(H,21,23). The minimum Gasteiger partial charge on any atom is -0.353 e. The molecule has 1 aromatic carbocycles. The molecule has 1 aliphatic carbocycles. The Hall–Kier alpha value is -1.84. The number of rotatable bonds is 3. The molecule has 0 spiro atoms. The summed E-state index contributed by atoms with van der Waals surface area (Å²) in [6, 6.07) is 7.97. The SMILES string of the molecule is Cc1ccccc1C(=O)N1CCC(NC(=O)C2CCCCC2)CC1. The molecule has 1 saturated carbocycles. The second kappa shape index (κ2) is 7.82. The lowest BCUT2D eigenvalue weighted by atomic mass is 9.88. The Balaban J connectivity index is 1.49. The van der Waals surface area contributed by atoms with Crippen LogP contribution in [-0.4, -0.2) is 35.8 Å². The van der Waals surface area contributed by atoms with Crippen molar-refractivity contribution in [2.75, 3.05) is 13.1 Å². The van der Waals surface area contributed by atoms with Crippen LogP contribution < -0.4 is 5.32 Å². The third kappa shape index (κ3) is 3.97. The highest BCUT2D eigenvalue weighted by Gasteiger charge is 2.27. The number of hydrogen-bond donors (Lipinski definition) is 1. The molecular formula is C20H28N2O2. The molecule has 2 aliphatic rings. The average Bonchev–Trinajstić information content (AvgIpc) is 2.63. The highest BCUT2D eigenvalue weighted by Crippen LogP contribution is 2.24. The fourth-order valence-electron chi connectivity index (χ4n) is 3.89. The van der Waals surface area contributed by atoms with E-state index in [1.165, 1.54) is 19.3 Å². The van der Waals surface area contributed by atoms with Crippen LogP contribution in [0.5, 0.6) is 0 Å². The van der Waals surface area contributed by atoms with Gasteiger partial charge in [-0.05, 0) is 44.2 Å². The number of benzene rings is 1. The molecule has 130 valence electrons. The third-order valence-electron chi connectivity index (χ3n) is 5.48. The Morgan fingerprint density at radius 1 is 1.00 bits per heavy atom. The van der Waals surface area contributed by atoms with E-state index in [0.717, 1.165) is 49.9 Å². The van der Waals surface area contributed by atoms with E-state index < -0.39 is 0 Å². The summed E-state index contributed by atoms with van der Waals surface area (Å²) >= 11 is 0. The van der Waals surface area contributed by atoms with Crippen LogP contribution in [0.4, 0.5) is 0 Å². The van der Waals surface area contributed by atoms with E-state index >= 15 is 0 Å². The number of aryl methyl sites for hydroxylation is 1. The zero-order valence-corrected chi connectivity index (χ0v) is 14.6. The van der Waals surface area contributed by atoms with Crippen molar-refractivity contribution >= 4 is 11.8 Å². The van der Waals surface area contributed by atoms with E-state index in [1.54, 1.807) is 0 Å². The topological polar surface area (TPSA) is 49.4 Å². The summed E-state index contributed by atoms with van der Waals surface area (Å²) in [4.78, 5) is 26.9. The van der Waals surface area contributed by atoms with Crippen molar-refractivity contribution in [1.29, 1.82) is 0 Å². The minimum atomic E-state index is 0.116. The van der Waals surface area contributed by atoms with Gasteiger partial charge in [0.2, 0.25) is 5.91 Å². The fraction of sp³-hybridized carbons (Fsp3) is 0.600. The largest absolute Gasteiger partial charge is 0.353 e. The summed E-state index contributed by atoms with van der Waals surface area (Å²) in [5.41, 5.74) is 1.82. The first-order valence-electron chi connectivity index (χ1n) is 9.30. The van der Waals surface area contributed by atoms with E-state index in [4.69, 9.17) is 0 Å². The van der Waals surface area contributed by atoms with Gasteiger partial charge in [0.15, 0.2) is 0 Å². The van der Waals surface area contributed by atoms with Gasteiger partial charge in [-0.1, -0.05) is 37.5 Å². The Morgan fingerprint density at radius 2 is 1.67 bits per heavy atom. The second-order valence-corrected chi connectivity index (χ2v) is 7.22. The highest BCUT2D eigenvalue weighted by atomic mass is 16.2. The van der Waals surface area contributed by atoms with Gasteiger partial charge in [0.1, 0.15) is 0 Å². The van der Waals surface area contributed by atoms with Crippen LogP contribution in [-0.2, 0) is 4.79 Å². The summed E-state index contributed by atoms with van der Waals surface area (Å²) in [5, 5.41) is 3.22. The molecule has 2 fully saturated rings. The second-order valence-electron chi connectivity index (χ2n) is 7.22. The highest BCUT2D eigenvalue weighted by molar-refractivity contribution is 5.95. The molecule has 4 heteroatoms. The summed E-state index contributed by atoms with van der Waals surface area (Å²) in [7, 11) is 0. The zero-order chi connectivity index (χ0) is 16.9. The number of nitrogens with zero attached hydrogens (tertiary/aromatic N) is 1. The molecule has 4 nitrogen and oxygen atoms in total. The monoisotopic (exact) mass is 328 g/mol. The van der Waals surface area contributed by atoms with Crippen molar-refractivity contribution in [3.05, 3.63) is 35.4 Å². The Bertz CT molecular complexity index is 585. The van der Waals surface area contributed by atoms with Crippen molar-refractivity contribution in [3.8, 4) is 0 Å². The first-order valence-corrected chi connectivity index (χ1v) is 9.30. The molecule has 0 unspecified atom stereocenters. The molecule has 24 heavy (non-hydrogen) atoms. The van der Waals surface area contributed by atoms with Gasteiger partial charge in [-0.15, -0.1) is 0 Å². The predicted octanol–water partition coefficient (Wildman–Crippen LogP) is 3.30. The Morgan fingerprint density at radius 3 is 2.33 bits per heavy atom. The molecule has 1 aliphatic heterocycles. The van der Waals surface area contributed by atoms with Gasteiger partial charge in [-0.3, -0.25) is 9.59 Å². The van der Waals surface area contributed by atoms with Gasteiger partial charge in [0.25, 0.3) is 5.91 Å². The van der Waals surface area contributed by atoms with Crippen LogP contribution >= 0.6 is 0 Å². The quantitative estimate of drug-likeness (QED) is 0.925. The van der Waals surface area contributed by atoms with E-state index in [1.807, 2.05) is 36.1 Å². The number of piperidine rings is 1. The van der Waals surface area contributed by atoms with Gasteiger partial charge in [0.05, 0.1) is 0 Å². The summed E-state index contributed by atoms with van der Waals surface area (Å²) in [6.45, 7) is 3.43. The summed E-state index contributed by atoms with van der Waals surface area (Å²) < 4.78 is 0. The van der Waals surface area contributed by atoms with E-state index in [9.17, 15) is 9.59 Å². The molecule has 2 amide bonds. The number of hydrogen-bond acceptors (Lipinski definition) is 2. The molecule has 0 bridgehead atoms. The summed E-state index contributed by atoms with van der Waals surface area (Å²) in [5.74, 6) is 0.564. The Labute approximate surface area is 144 Å². The lowest BCUT2D eigenvalue weighted by Crippen LogP contribution is -2.48. The maximum absolute atomic E-state index is 12.6. The number of nitrogens with one attached hydrogen (secondary N) is 1. The maximum Gasteiger partial charge on any atom is 0.254 e. The number of likely N-dealkylation sites (tertiary alicyclic amines) is 1. The fourth-order valence-corrected chi connectivity index (χ4v) is 3.89. The lowest BCUT2D eigenvalue weighted by Gasteiger charge is -2.33. The van der Waals surface area contributed by atoms with Crippen molar-refractivity contribution < 1.29 is 9.59 Å². The number of amides is 2. The molecular weight excluding hydrogens is 300 g/mol. The van der Waals surface area contributed by atoms with Crippen LogP contribution in [0, 0.1) is 12.8 Å². The molecule has 0 aromatic heterocycles.